The molecule has 86 valence electrons. The van der Waals surface area contributed by atoms with E-state index in [2.05, 4.69) is 5.09 Å². The predicted octanol–water partition coefficient (Wildman–Crippen LogP) is 2.82. The summed E-state index contributed by atoms with van der Waals surface area (Å²) in [4.78, 5) is 0. The van der Waals surface area contributed by atoms with Gasteiger partial charge in [0.15, 0.2) is 0 Å². The molecule has 3 aliphatic rings. The van der Waals surface area contributed by atoms with Gasteiger partial charge in [0.1, 0.15) is 0 Å². The topological polar surface area (TPSA) is 30.5 Å². The minimum atomic E-state index is -0.793. The molecule has 0 bridgehead atoms. The van der Waals surface area contributed by atoms with E-state index in [9.17, 15) is 0 Å². The molecule has 2 aliphatic carbocycles. The molecule has 2 saturated carbocycles. The summed E-state index contributed by atoms with van der Waals surface area (Å²) in [5, 5.41) is 3.16. The first kappa shape index (κ1) is 10.5. The molecule has 3 fully saturated rings. The molecule has 2 atom stereocenters. The quantitative estimate of drug-likeness (QED) is 0.701. The van der Waals surface area contributed by atoms with Crippen molar-refractivity contribution in [3.63, 3.8) is 0 Å². The lowest BCUT2D eigenvalue weighted by Crippen LogP contribution is -2.48. The summed E-state index contributed by atoms with van der Waals surface area (Å²) in [5.74, 6) is 1.59. The summed E-state index contributed by atoms with van der Waals surface area (Å²) in [7, 11) is 1.15. The van der Waals surface area contributed by atoms with E-state index < -0.39 is 8.53 Å². The maximum atomic E-state index is 6.01. The minimum absolute atomic E-state index is 0.487. The Morgan fingerprint density at radius 2 is 1.60 bits per heavy atom. The molecule has 1 heterocycles. The van der Waals surface area contributed by atoms with Crippen molar-refractivity contribution in [1.29, 1.82) is 0 Å². The largest absolute Gasteiger partial charge is 0.318 e. The molecule has 1 N–H and O–H groups in total. The van der Waals surface area contributed by atoms with E-state index in [1.807, 2.05) is 7.05 Å². The van der Waals surface area contributed by atoms with Gasteiger partial charge in [-0.2, -0.15) is 0 Å². The van der Waals surface area contributed by atoms with Crippen molar-refractivity contribution in [3.05, 3.63) is 0 Å². The third kappa shape index (κ3) is 1.84. The van der Waals surface area contributed by atoms with Gasteiger partial charge in [0.2, 0.25) is 0 Å². The average molecular weight is 229 g/mol. The molecule has 3 nitrogen and oxygen atoms in total. The lowest BCUT2D eigenvalue weighted by molar-refractivity contribution is -0.0825. The Bertz CT molecular complexity index is 219. The highest BCUT2D eigenvalue weighted by atomic mass is 31.2. The van der Waals surface area contributed by atoms with Gasteiger partial charge in [-0.25, -0.2) is 0 Å². The zero-order valence-corrected chi connectivity index (χ0v) is 10.2. The monoisotopic (exact) mass is 229 g/mol. The Morgan fingerprint density at radius 3 is 2.13 bits per heavy atom. The Kier molecular flexibility index (Phi) is 2.99. The van der Waals surface area contributed by atoms with E-state index in [1.54, 1.807) is 0 Å². The van der Waals surface area contributed by atoms with Crippen LogP contribution in [0.3, 0.4) is 0 Å². The van der Waals surface area contributed by atoms with Gasteiger partial charge in [-0.05, 0) is 38.6 Å². The fraction of sp³-hybridized carbons (Fsp3) is 1.00. The fourth-order valence-electron chi connectivity index (χ4n) is 3.55. The Labute approximate surface area is 92.9 Å². The molecule has 4 heteroatoms. The second kappa shape index (κ2) is 4.29. The normalized spacial score (nSPS) is 49.8. The van der Waals surface area contributed by atoms with E-state index in [4.69, 9.17) is 9.05 Å². The predicted molar refractivity (Wildman–Crippen MR) is 60.4 cm³/mol. The van der Waals surface area contributed by atoms with Crippen LogP contribution >= 0.6 is 8.53 Å². The SMILES string of the molecule is CNP1OC2CCCC3CCCC(O1)C32. The van der Waals surface area contributed by atoms with Gasteiger partial charge in [0.05, 0.1) is 12.2 Å². The Balaban J connectivity index is 1.78. The molecule has 0 aromatic heterocycles. The van der Waals surface area contributed by atoms with Crippen molar-refractivity contribution in [2.45, 2.75) is 50.7 Å². The standard InChI is InChI=1S/C11H20NO2P/c1-12-15-13-9-6-2-4-8-5-3-7-10(14-15)11(8)9/h8-12H,2-7H2,1H3. The Morgan fingerprint density at radius 1 is 1.00 bits per heavy atom. The molecule has 0 radical (unpaired) electrons. The second-order valence-electron chi connectivity index (χ2n) is 4.97. The van der Waals surface area contributed by atoms with E-state index in [1.165, 1.54) is 38.5 Å². The molecule has 1 saturated heterocycles. The lowest BCUT2D eigenvalue weighted by Gasteiger charge is -2.49. The van der Waals surface area contributed by atoms with E-state index >= 15 is 0 Å². The molecule has 0 aromatic carbocycles. The van der Waals surface area contributed by atoms with Gasteiger partial charge in [0.25, 0.3) is 8.53 Å². The van der Waals surface area contributed by atoms with Crippen LogP contribution in [0.25, 0.3) is 0 Å². The molecule has 15 heavy (non-hydrogen) atoms. The first-order chi connectivity index (χ1) is 7.38. The maximum absolute atomic E-state index is 6.01. The maximum Gasteiger partial charge on any atom is 0.256 e. The van der Waals surface area contributed by atoms with Crippen molar-refractivity contribution in [1.82, 2.24) is 5.09 Å². The van der Waals surface area contributed by atoms with Crippen LogP contribution in [0.15, 0.2) is 0 Å². The summed E-state index contributed by atoms with van der Waals surface area (Å²) >= 11 is 0. The van der Waals surface area contributed by atoms with Gasteiger partial charge in [-0.1, -0.05) is 12.8 Å². The highest BCUT2D eigenvalue weighted by Crippen LogP contribution is 2.54. The average Bonchev–Trinajstić information content (AvgIpc) is 2.29. The van der Waals surface area contributed by atoms with Crippen LogP contribution in [0.4, 0.5) is 0 Å². The molecule has 0 spiro atoms. The van der Waals surface area contributed by atoms with Crippen molar-refractivity contribution in [3.8, 4) is 0 Å². The summed E-state index contributed by atoms with van der Waals surface area (Å²) in [6.45, 7) is 0. The summed E-state index contributed by atoms with van der Waals surface area (Å²) in [6, 6.07) is 0. The molecular weight excluding hydrogens is 209 g/mol. The van der Waals surface area contributed by atoms with E-state index in [-0.39, 0.29) is 0 Å². The van der Waals surface area contributed by atoms with Crippen LogP contribution in [0.5, 0.6) is 0 Å². The summed E-state index contributed by atoms with van der Waals surface area (Å²) in [6.07, 6.45) is 8.99. The van der Waals surface area contributed by atoms with Crippen LogP contribution in [0, 0.1) is 11.8 Å². The van der Waals surface area contributed by atoms with E-state index in [0.29, 0.717) is 18.1 Å². The van der Waals surface area contributed by atoms with Crippen molar-refractivity contribution >= 4 is 8.53 Å². The molecule has 3 rings (SSSR count). The number of hydrogen-bond acceptors (Lipinski definition) is 3. The van der Waals surface area contributed by atoms with Crippen LogP contribution in [0.2, 0.25) is 0 Å². The molecule has 2 unspecified atom stereocenters. The van der Waals surface area contributed by atoms with Crippen LogP contribution in [-0.2, 0) is 9.05 Å². The van der Waals surface area contributed by atoms with Crippen LogP contribution in [0.1, 0.15) is 38.5 Å². The third-order valence-corrected chi connectivity index (χ3v) is 5.46. The second-order valence-corrected chi connectivity index (χ2v) is 6.35. The number of rotatable bonds is 1. The summed E-state index contributed by atoms with van der Waals surface area (Å²) in [5.41, 5.74) is 0. The zero-order valence-electron chi connectivity index (χ0n) is 9.32. The summed E-state index contributed by atoms with van der Waals surface area (Å²) < 4.78 is 12.0. The smallest absolute Gasteiger partial charge is 0.256 e. The third-order valence-electron chi connectivity index (χ3n) is 4.17. The Hall–Kier alpha value is 0.310. The van der Waals surface area contributed by atoms with Gasteiger partial charge in [0, 0.05) is 5.92 Å². The molecular formula is C11H20NO2P. The highest BCUT2D eigenvalue weighted by Gasteiger charge is 2.47. The first-order valence-electron chi connectivity index (χ1n) is 6.19. The van der Waals surface area contributed by atoms with Gasteiger partial charge in [-0.3, -0.25) is 5.09 Å². The molecule has 0 amide bonds. The zero-order chi connectivity index (χ0) is 10.3. The number of nitrogens with one attached hydrogen (secondary N) is 1. The van der Waals surface area contributed by atoms with Crippen LogP contribution in [-0.4, -0.2) is 19.3 Å². The van der Waals surface area contributed by atoms with Crippen molar-refractivity contribution in [2.24, 2.45) is 11.8 Å². The van der Waals surface area contributed by atoms with Crippen LogP contribution < -0.4 is 5.09 Å². The number of hydrogen-bond donors (Lipinski definition) is 1. The van der Waals surface area contributed by atoms with E-state index in [0.717, 1.165) is 5.92 Å². The van der Waals surface area contributed by atoms with Gasteiger partial charge >= 0.3 is 0 Å². The molecule has 1 aliphatic heterocycles. The van der Waals surface area contributed by atoms with Crippen molar-refractivity contribution in [2.75, 3.05) is 7.05 Å². The highest BCUT2D eigenvalue weighted by molar-refractivity contribution is 7.45. The van der Waals surface area contributed by atoms with Gasteiger partial charge in [-0.15, -0.1) is 0 Å². The lowest BCUT2D eigenvalue weighted by atomic mass is 9.68. The van der Waals surface area contributed by atoms with Gasteiger partial charge < -0.3 is 9.05 Å². The minimum Gasteiger partial charge on any atom is -0.318 e. The fourth-order valence-corrected chi connectivity index (χ4v) is 4.79. The first-order valence-corrected chi connectivity index (χ1v) is 7.37. The van der Waals surface area contributed by atoms with Crippen molar-refractivity contribution < 1.29 is 9.05 Å². The molecule has 0 aromatic rings.